The van der Waals surface area contributed by atoms with Crippen LogP contribution in [0, 0.1) is 5.92 Å². The summed E-state index contributed by atoms with van der Waals surface area (Å²) >= 11 is 0. The number of likely N-dealkylation sites (tertiary alicyclic amines) is 1. The van der Waals surface area contributed by atoms with Gasteiger partial charge < -0.3 is 19.9 Å². The molecular formula is C26H32N4O3. The number of benzene rings is 1. The van der Waals surface area contributed by atoms with Crippen molar-refractivity contribution in [1.82, 2.24) is 20.2 Å². The summed E-state index contributed by atoms with van der Waals surface area (Å²) in [6.45, 7) is 4.72. The number of rotatable bonds is 9. The summed E-state index contributed by atoms with van der Waals surface area (Å²) in [7, 11) is 0. The van der Waals surface area contributed by atoms with E-state index < -0.39 is 0 Å². The predicted molar refractivity (Wildman–Crippen MR) is 129 cm³/mol. The van der Waals surface area contributed by atoms with Gasteiger partial charge in [-0.2, -0.15) is 0 Å². The Morgan fingerprint density at radius 1 is 1.18 bits per heavy atom. The number of amides is 2. The maximum Gasteiger partial charge on any atom is 0.267 e. The monoisotopic (exact) mass is 448 g/mol. The Balaban J connectivity index is 1.15. The molecule has 2 amide bonds. The average molecular weight is 449 g/mol. The van der Waals surface area contributed by atoms with Gasteiger partial charge in [-0.1, -0.05) is 25.0 Å². The van der Waals surface area contributed by atoms with Crippen molar-refractivity contribution in [3.63, 3.8) is 0 Å². The van der Waals surface area contributed by atoms with E-state index in [0.29, 0.717) is 36.1 Å². The summed E-state index contributed by atoms with van der Waals surface area (Å²) in [6.07, 6.45) is 8.67. The van der Waals surface area contributed by atoms with Gasteiger partial charge in [-0.05, 0) is 56.4 Å². The van der Waals surface area contributed by atoms with Gasteiger partial charge in [-0.3, -0.25) is 14.6 Å². The van der Waals surface area contributed by atoms with Crippen LogP contribution in [0.25, 0.3) is 10.9 Å². The number of fused-ring (bicyclic) bond motifs is 1. The zero-order chi connectivity index (χ0) is 23.0. The van der Waals surface area contributed by atoms with E-state index in [4.69, 9.17) is 4.74 Å². The van der Waals surface area contributed by atoms with Crippen molar-refractivity contribution >= 4 is 22.7 Å². The first-order valence-corrected chi connectivity index (χ1v) is 11.9. The quantitative estimate of drug-likeness (QED) is 0.475. The Kier molecular flexibility index (Phi) is 7.60. The Hall–Kier alpha value is -3.35. The molecule has 1 aromatic carbocycles. The molecular weight excluding hydrogens is 416 g/mol. The van der Waals surface area contributed by atoms with E-state index in [9.17, 15) is 9.59 Å². The lowest BCUT2D eigenvalue weighted by atomic mass is 9.91. The minimum absolute atomic E-state index is 0.0629. The Bertz CT molecular complexity index is 1050. The largest absolute Gasteiger partial charge is 0.493 e. The van der Waals surface area contributed by atoms with Crippen LogP contribution in [0.3, 0.4) is 0 Å². The van der Waals surface area contributed by atoms with Crippen molar-refractivity contribution in [1.29, 1.82) is 0 Å². The van der Waals surface area contributed by atoms with Crippen molar-refractivity contribution < 1.29 is 14.3 Å². The Morgan fingerprint density at radius 3 is 2.79 bits per heavy atom. The van der Waals surface area contributed by atoms with Crippen LogP contribution in [-0.4, -0.2) is 52.9 Å². The summed E-state index contributed by atoms with van der Waals surface area (Å²) in [4.78, 5) is 34.4. The van der Waals surface area contributed by atoms with E-state index in [1.807, 2.05) is 48.2 Å². The summed E-state index contributed by atoms with van der Waals surface area (Å²) in [5.41, 5.74) is 2.14. The van der Waals surface area contributed by atoms with Gasteiger partial charge in [0, 0.05) is 42.9 Å². The molecule has 0 bridgehead atoms. The van der Waals surface area contributed by atoms with Gasteiger partial charge in [0.15, 0.2) is 0 Å². The lowest BCUT2D eigenvalue weighted by Gasteiger charge is -2.32. The van der Waals surface area contributed by atoms with E-state index in [2.05, 4.69) is 15.3 Å². The molecule has 3 heterocycles. The fraction of sp³-hybridized carbons (Fsp3) is 0.423. The van der Waals surface area contributed by atoms with Crippen molar-refractivity contribution in [3.05, 3.63) is 60.0 Å². The zero-order valence-electron chi connectivity index (χ0n) is 19.2. The number of aromatic amines is 1. The number of piperidine rings is 1. The van der Waals surface area contributed by atoms with Crippen LogP contribution >= 0.6 is 0 Å². The minimum Gasteiger partial charge on any atom is -0.493 e. The van der Waals surface area contributed by atoms with Crippen molar-refractivity contribution in [2.75, 3.05) is 26.2 Å². The number of hydrogen-bond acceptors (Lipinski definition) is 4. The van der Waals surface area contributed by atoms with Crippen molar-refractivity contribution in [2.24, 2.45) is 5.92 Å². The zero-order valence-corrected chi connectivity index (χ0v) is 19.2. The summed E-state index contributed by atoms with van der Waals surface area (Å²) in [5.74, 6) is 1.28. The van der Waals surface area contributed by atoms with E-state index in [0.717, 1.165) is 56.1 Å². The molecule has 7 nitrogen and oxygen atoms in total. The Morgan fingerprint density at radius 2 is 2.00 bits per heavy atom. The standard InChI is InChI=1S/C26H32N4O3/c1-2-33-24-9-4-3-8-21(24)26(32)30-15-11-19(12-16-30)7-5-6-13-28-25(31)23-17-20-18-27-14-10-22(20)29-23/h3-4,8-10,14,17-19,29H,2,5-7,11-13,15-16H2,1H3,(H,28,31). The Labute approximate surface area is 194 Å². The summed E-state index contributed by atoms with van der Waals surface area (Å²) in [6, 6.07) is 11.2. The molecule has 33 heavy (non-hydrogen) atoms. The normalized spacial score (nSPS) is 14.4. The maximum atomic E-state index is 12.9. The molecule has 0 atom stereocenters. The molecule has 0 radical (unpaired) electrons. The predicted octanol–water partition coefficient (Wildman–Crippen LogP) is 4.41. The molecule has 2 aromatic heterocycles. The molecule has 7 heteroatoms. The molecule has 0 spiro atoms. The second-order valence-corrected chi connectivity index (χ2v) is 8.56. The van der Waals surface area contributed by atoms with Gasteiger partial charge in [-0.25, -0.2) is 0 Å². The van der Waals surface area contributed by atoms with Crippen LogP contribution < -0.4 is 10.1 Å². The molecule has 1 aliphatic heterocycles. The number of carbonyl (C=O) groups excluding carboxylic acids is 2. The SMILES string of the molecule is CCOc1ccccc1C(=O)N1CCC(CCCCNC(=O)c2cc3cnccc3[nH]2)CC1. The molecule has 0 aliphatic carbocycles. The van der Waals surface area contributed by atoms with Gasteiger partial charge in [0.2, 0.25) is 0 Å². The smallest absolute Gasteiger partial charge is 0.267 e. The van der Waals surface area contributed by atoms with Gasteiger partial charge >= 0.3 is 0 Å². The van der Waals surface area contributed by atoms with Crippen molar-refractivity contribution in [3.8, 4) is 5.75 Å². The summed E-state index contributed by atoms with van der Waals surface area (Å²) < 4.78 is 5.62. The van der Waals surface area contributed by atoms with Gasteiger partial charge in [-0.15, -0.1) is 0 Å². The van der Waals surface area contributed by atoms with Gasteiger partial charge in [0.25, 0.3) is 11.8 Å². The number of nitrogens with zero attached hydrogens (tertiary/aromatic N) is 2. The molecule has 3 aromatic rings. The number of hydrogen-bond donors (Lipinski definition) is 2. The highest BCUT2D eigenvalue weighted by atomic mass is 16.5. The second kappa shape index (κ2) is 11.0. The maximum absolute atomic E-state index is 12.9. The number of carbonyl (C=O) groups is 2. The number of para-hydroxylation sites is 1. The van der Waals surface area contributed by atoms with E-state index >= 15 is 0 Å². The third-order valence-electron chi connectivity index (χ3n) is 6.31. The number of ether oxygens (including phenoxy) is 1. The van der Waals surface area contributed by atoms with Gasteiger partial charge in [0.1, 0.15) is 11.4 Å². The highest BCUT2D eigenvalue weighted by Crippen LogP contribution is 2.26. The molecule has 4 rings (SSSR count). The van der Waals surface area contributed by atoms with Crippen molar-refractivity contribution in [2.45, 2.75) is 39.0 Å². The lowest BCUT2D eigenvalue weighted by Crippen LogP contribution is -2.38. The number of pyridine rings is 1. The fourth-order valence-corrected chi connectivity index (χ4v) is 4.47. The fourth-order valence-electron chi connectivity index (χ4n) is 4.47. The van der Waals surface area contributed by atoms with E-state index in [1.165, 1.54) is 0 Å². The third kappa shape index (κ3) is 5.72. The summed E-state index contributed by atoms with van der Waals surface area (Å²) in [5, 5.41) is 3.94. The number of aromatic nitrogens is 2. The first-order valence-electron chi connectivity index (χ1n) is 11.9. The lowest BCUT2D eigenvalue weighted by molar-refractivity contribution is 0.0681. The third-order valence-corrected chi connectivity index (χ3v) is 6.31. The van der Waals surface area contributed by atoms with E-state index in [-0.39, 0.29) is 11.8 Å². The van der Waals surface area contributed by atoms with Crippen LogP contribution in [0.15, 0.2) is 48.8 Å². The molecule has 174 valence electrons. The van der Waals surface area contributed by atoms with Crippen LogP contribution in [-0.2, 0) is 0 Å². The minimum atomic E-state index is -0.0784. The number of unbranched alkanes of at least 4 members (excludes halogenated alkanes) is 1. The molecule has 2 N–H and O–H groups in total. The number of nitrogens with one attached hydrogen (secondary N) is 2. The average Bonchev–Trinajstić information content (AvgIpc) is 3.29. The van der Waals surface area contributed by atoms with Crippen LogP contribution in [0.1, 0.15) is 59.9 Å². The number of H-pyrrole nitrogens is 1. The second-order valence-electron chi connectivity index (χ2n) is 8.56. The van der Waals surface area contributed by atoms with E-state index in [1.54, 1.807) is 12.4 Å². The van der Waals surface area contributed by atoms with Gasteiger partial charge in [0.05, 0.1) is 12.2 Å². The highest BCUT2D eigenvalue weighted by Gasteiger charge is 2.25. The molecule has 1 fully saturated rings. The van der Waals surface area contributed by atoms with Crippen LogP contribution in [0.2, 0.25) is 0 Å². The highest BCUT2D eigenvalue weighted by molar-refractivity contribution is 5.98. The molecule has 0 unspecified atom stereocenters. The molecule has 0 saturated carbocycles. The molecule has 1 aliphatic rings. The van der Waals surface area contributed by atoms with Crippen LogP contribution in [0.5, 0.6) is 5.75 Å². The topological polar surface area (TPSA) is 87.3 Å². The first kappa shape index (κ1) is 22.8. The molecule has 1 saturated heterocycles. The van der Waals surface area contributed by atoms with Crippen LogP contribution in [0.4, 0.5) is 0 Å². The first-order chi connectivity index (χ1) is 16.2.